The summed E-state index contributed by atoms with van der Waals surface area (Å²) in [6.07, 6.45) is 1.18. The molecule has 0 aliphatic rings. The average molecular weight is 172 g/mol. The predicted octanol–water partition coefficient (Wildman–Crippen LogP) is 1.75. The van der Waals surface area contributed by atoms with Gasteiger partial charge in [-0.05, 0) is 32.2 Å². The van der Waals surface area contributed by atoms with Crippen molar-refractivity contribution in [1.29, 1.82) is 0 Å². The lowest BCUT2D eigenvalue weighted by Gasteiger charge is -2.38. The third-order valence-corrected chi connectivity index (χ3v) is 2.74. The van der Waals surface area contributed by atoms with E-state index in [4.69, 9.17) is 5.73 Å². The molecule has 2 nitrogen and oxygen atoms in total. The maximum Gasteiger partial charge on any atom is 0.0161 e. The third-order valence-electron chi connectivity index (χ3n) is 2.74. The Bertz CT molecular complexity index is 122. The number of hydrogen-bond acceptors (Lipinski definition) is 2. The second-order valence-corrected chi connectivity index (χ2v) is 4.78. The van der Waals surface area contributed by atoms with Gasteiger partial charge in [-0.1, -0.05) is 20.8 Å². The van der Waals surface area contributed by atoms with E-state index in [1.807, 2.05) is 0 Å². The number of hydrogen-bond donors (Lipinski definition) is 2. The molecule has 0 saturated heterocycles. The molecule has 0 rings (SSSR count). The van der Waals surface area contributed by atoms with E-state index in [2.05, 4.69) is 39.9 Å². The lowest BCUT2D eigenvalue weighted by molar-refractivity contribution is 0.195. The first kappa shape index (κ1) is 11.9. The van der Waals surface area contributed by atoms with Gasteiger partial charge in [0, 0.05) is 12.1 Å². The van der Waals surface area contributed by atoms with Crippen molar-refractivity contribution in [3.05, 3.63) is 0 Å². The fourth-order valence-corrected chi connectivity index (χ4v) is 0.805. The van der Waals surface area contributed by atoms with E-state index in [9.17, 15) is 0 Å². The average Bonchev–Trinajstić information content (AvgIpc) is 1.85. The second-order valence-electron chi connectivity index (χ2n) is 4.78. The molecule has 0 spiro atoms. The molecule has 0 aromatic carbocycles. The zero-order chi connectivity index (χ0) is 9.83. The Kier molecular flexibility index (Phi) is 4.21. The normalized spacial score (nSPS) is 13.5. The highest BCUT2D eigenvalue weighted by Gasteiger charge is 2.32. The van der Waals surface area contributed by atoms with Crippen molar-refractivity contribution in [2.24, 2.45) is 11.1 Å². The van der Waals surface area contributed by atoms with Crippen molar-refractivity contribution in [2.45, 2.75) is 46.6 Å². The van der Waals surface area contributed by atoms with Gasteiger partial charge >= 0.3 is 0 Å². The highest BCUT2D eigenvalue weighted by atomic mass is 14.9. The molecule has 0 aliphatic heterocycles. The van der Waals surface area contributed by atoms with Gasteiger partial charge in [0.1, 0.15) is 0 Å². The Balaban J connectivity index is 3.88. The van der Waals surface area contributed by atoms with Gasteiger partial charge in [-0.3, -0.25) is 0 Å². The fourth-order valence-electron chi connectivity index (χ4n) is 0.805. The van der Waals surface area contributed by atoms with Crippen LogP contribution in [0.2, 0.25) is 0 Å². The zero-order valence-corrected chi connectivity index (χ0v) is 9.20. The van der Waals surface area contributed by atoms with E-state index < -0.39 is 0 Å². The Morgan fingerprint density at radius 2 is 1.67 bits per heavy atom. The first-order valence-corrected chi connectivity index (χ1v) is 4.81. The van der Waals surface area contributed by atoms with Gasteiger partial charge in [0.05, 0.1) is 0 Å². The van der Waals surface area contributed by atoms with Crippen molar-refractivity contribution in [3.63, 3.8) is 0 Å². The molecule has 0 bridgehead atoms. The minimum absolute atomic E-state index is 0.117. The van der Waals surface area contributed by atoms with Gasteiger partial charge in [0.15, 0.2) is 0 Å². The molecule has 0 amide bonds. The van der Waals surface area contributed by atoms with Crippen LogP contribution in [0.3, 0.4) is 0 Å². The molecule has 2 heteroatoms. The highest BCUT2D eigenvalue weighted by Crippen LogP contribution is 2.26. The van der Waals surface area contributed by atoms with Crippen molar-refractivity contribution in [2.75, 3.05) is 13.1 Å². The molecular formula is C10H24N2. The molecule has 0 fully saturated rings. The predicted molar refractivity (Wildman–Crippen MR) is 55.2 cm³/mol. The summed E-state index contributed by atoms with van der Waals surface area (Å²) in [6.45, 7) is 12.8. The van der Waals surface area contributed by atoms with E-state index in [1.165, 1.54) is 6.42 Å². The van der Waals surface area contributed by atoms with Crippen molar-refractivity contribution >= 4 is 0 Å². The van der Waals surface area contributed by atoms with Crippen LogP contribution >= 0.6 is 0 Å². The molecular weight excluding hydrogens is 148 g/mol. The molecule has 0 saturated carbocycles. The van der Waals surface area contributed by atoms with Crippen LogP contribution in [0.15, 0.2) is 0 Å². The molecule has 0 unspecified atom stereocenters. The Labute approximate surface area is 76.9 Å². The van der Waals surface area contributed by atoms with Gasteiger partial charge in [0.2, 0.25) is 0 Å². The van der Waals surface area contributed by atoms with Crippen LogP contribution < -0.4 is 11.1 Å². The molecule has 3 N–H and O–H groups in total. The van der Waals surface area contributed by atoms with E-state index in [0.29, 0.717) is 0 Å². The first-order valence-electron chi connectivity index (χ1n) is 4.81. The standard InChI is InChI=1S/C10H24N2/c1-6-7-12-8-9(2,3)10(4,5)11/h12H,6-8,11H2,1-5H3. The monoisotopic (exact) mass is 172 g/mol. The van der Waals surface area contributed by atoms with Crippen LogP contribution in [0.1, 0.15) is 41.0 Å². The SMILES string of the molecule is CCCNCC(C)(C)C(C)(C)N. The summed E-state index contributed by atoms with van der Waals surface area (Å²) >= 11 is 0. The summed E-state index contributed by atoms with van der Waals surface area (Å²) in [7, 11) is 0. The van der Waals surface area contributed by atoms with Gasteiger partial charge in [-0.2, -0.15) is 0 Å². The lowest BCUT2D eigenvalue weighted by atomic mass is 9.75. The van der Waals surface area contributed by atoms with Crippen LogP contribution in [0.4, 0.5) is 0 Å². The first-order chi connectivity index (χ1) is 5.31. The van der Waals surface area contributed by atoms with Crippen molar-refractivity contribution in [1.82, 2.24) is 5.32 Å². The van der Waals surface area contributed by atoms with Crippen molar-refractivity contribution in [3.8, 4) is 0 Å². The topological polar surface area (TPSA) is 38.0 Å². The van der Waals surface area contributed by atoms with Crippen LogP contribution in [-0.2, 0) is 0 Å². The Morgan fingerprint density at radius 1 is 1.17 bits per heavy atom. The molecule has 0 aliphatic carbocycles. The smallest absolute Gasteiger partial charge is 0.0161 e. The summed E-state index contributed by atoms with van der Waals surface area (Å²) in [5.41, 5.74) is 6.09. The van der Waals surface area contributed by atoms with Gasteiger partial charge < -0.3 is 11.1 Å². The zero-order valence-electron chi connectivity index (χ0n) is 9.20. The lowest BCUT2D eigenvalue weighted by Crippen LogP contribution is -2.52. The number of nitrogens with two attached hydrogens (primary N) is 1. The minimum Gasteiger partial charge on any atom is -0.325 e. The van der Waals surface area contributed by atoms with E-state index in [1.54, 1.807) is 0 Å². The quantitative estimate of drug-likeness (QED) is 0.620. The van der Waals surface area contributed by atoms with E-state index >= 15 is 0 Å². The van der Waals surface area contributed by atoms with E-state index in [0.717, 1.165) is 13.1 Å². The molecule has 74 valence electrons. The maximum atomic E-state index is 6.06. The minimum atomic E-state index is -0.117. The van der Waals surface area contributed by atoms with Crippen molar-refractivity contribution < 1.29 is 0 Å². The molecule has 12 heavy (non-hydrogen) atoms. The van der Waals surface area contributed by atoms with Crippen LogP contribution in [0.5, 0.6) is 0 Å². The summed E-state index contributed by atoms with van der Waals surface area (Å²) in [6, 6.07) is 0. The largest absolute Gasteiger partial charge is 0.325 e. The summed E-state index contributed by atoms with van der Waals surface area (Å²) < 4.78 is 0. The second kappa shape index (κ2) is 4.24. The summed E-state index contributed by atoms with van der Waals surface area (Å²) in [5.74, 6) is 0. The number of rotatable bonds is 5. The number of nitrogens with one attached hydrogen (secondary N) is 1. The molecule has 0 radical (unpaired) electrons. The molecule has 0 heterocycles. The Morgan fingerprint density at radius 3 is 2.00 bits per heavy atom. The van der Waals surface area contributed by atoms with Gasteiger partial charge in [-0.25, -0.2) is 0 Å². The maximum absolute atomic E-state index is 6.06. The molecule has 0 atom stereocenters. The third kappa shape index (κ3) is 3.55. The van der Waals surface area contributed by atoms with Gasteiger partial charge in [-0.15, -0.1) is 0 Å². The van der Waals surface area contributed by atoms with Crippen LogP contribution in [0.25, 0.3) is 0 Å². The molecule has 0 aromatic heterocycles. The van der Waals surface area contributed by atoms with Crippen LogP contribution in [0, 0.1) is 5.41 Å². The summed E-state index contributed by atoms with van der Waals surface area (Å²) in [4.78, 5) is 0. The Hall–Kier alpha value is -0.0800. The van der Waals surface area contributed by atoms with E-state index in [-0.39, 0.29) is 11.0 Å². The molecule has 0 aromatic rings. The fraction of sp³-hybridized carbons (Fsp3) is 1.00. The van der Waals surface area contributed by atoms with Gasteiger partial charge in [0.25, 0.3) is 0 Å². The summed E-state index contributed by atoms with van der Waals surface area (Å²) in [5, 5.41) is 3.40. The highest BCUT2D eigenvalue weighted by molar-refractivity contribution is 4.91. The van der Waals surface area contributed by atoms with Crippen LogP contribution in [-0.4, -0.2) is 18.6 Å².